The third-order valence-corrected chi connectivity index (χ3v) is 4.20. The fraction of sp³-hybridized carbons (Fsp3) is 0.381. The van der Waals surface area contributed by atoms with Gasteiger partial charge in [-0.2, -0.15) is 0 Å². The van der Waals surface area contributed by atoms with Gasteiger partial charge in [0, 0.05) is 20.1 Å². The van der Waals surface area contributed by atoms with Crippen molar-refractivity contribution in [1.82, 2.24) is 10.6 Å². The van der Waals surface area contributed by atoms with Crippen molar-refractivity contribution < 1.29 is 9.47 Å². The summed E-state index contributed by atoms with van der Waals surface area (Å²) in [5.41, 5.74) is 3.79. The Kier molecular flexibility index (Phi) is 7.80. The lowest BCUT2D eigenvalue weighted by atomic mass is 10.1. The number of rotatable bonds is 8. The fourth-order valence-corrected chi connectivity index (χ4v) is 2.66. The van der Waals surface area contributed by atoms with Crippen LogP contribution in [0.1, 0.15) is 16.7 Å². The molecule has 2 N–H and O–H groups in total. The summed E-state index contributed by atoms with van der Waals surface area (Å²) in [6.07, 6.45) is 1.84. The molecule has 0 amide bonds. The molecule has 26 heavy (non-hydrogen) atoms. The first kappa shape index (κ1) is 19.6. The molecular weight excluding hydrogens is 326 g/mol. The molecule has 0 aliphatic rings. The second-order valence-electron chi connectivity index (χ2n) is 6.10. The second-order valence-corrected chi connectivity index (χ2v) is 6.10. The molecule has 0 radical (unpaired) electrons. The molecule has 0 bridgehead atoms. The second kappa shape index (κ2) is 10.3. The van der Waals surface area contributed by atoms with Gasteiger partial charge in [0.25, 0.3) is 0 Å². The number of nitrogens with zero attached hydrogens (tertiary/aromatic N) is 1. The molecule has 0 unspecified atom stereocenters. The van der Waals surface area contributed by atoms with E-state index in [-0.39, 0.29) is 0 Å². The van der Waals surface area contributed by atoms with Gasteiger partial charge in [-0.05, 0) is 43.0 Å². The number of guanidine groups is 1. The van der Waals surface area contributed by atoms with Crippen LogP contribution < -0.4 is 20.1 Å². The van der Waals surface area contributed by atoms with Crippen LogP contribution in [0.5, 0.6) is 11.5 Å². The number of hydrogen-bond acceptors (Lipinski definition) is 3. The normalized spacial score (nSPS) is 11.2. The molecule has 2 aromatic carbocycles. The molecule has 140 valence electrons. The van der Waals surface area contributed by atoms with Gasteiger partial charge >= 0.3 is 0 Å². The molecule has 5 heteroatoms. The van der Waals surface area contributed by atoms with Crippen molar-refractivity contribution in [2.24, 2.45) is 4.99 Å². The third kappa shape index (κ3) is 5.99. The van der Waals surface area contributed by atoms with E-state index in [9.17, 15) is 0 Å². The fourth-order valence-electron chi connectivity index (χ4n) is 2.66. The zero-order chi connectivity index (χ0) is 18.8. The number of ether oxygens (including phenoxy) is 2. The smallest absolute Gasteiger partial charge is 0.190 e. The Morgan fingerprint density at radius 3 is 2.00 bits per heavy atom. The van der Waals surface area contributed by atoms with Gasteiger partial charge in [-0.1, -0.05) is 35.9 Å². The van der Waals surface area contributed by atoms with Crippen molar-refractivity contribution in [3.05, 3.63) is 59.2 Å². The van der Waals surface area contributed by atoms with Crippen molar-refractivity contribution in [2.45, 2.75) is 19.8 Å². The predicted octanol–water partition coefficient (Wildman–Crippen LogP) is 2.96. The lowest BCUT2D eigenvalue weighted by Crippen LogP contribution is -2.39. The van der Waals surface area contributed by atoms with Crippen LogP contribution >= 0.6 is 0 Å². The zero-order valence-corrected chi connectivity index (χ0v) is 16.1. The minimum atomic E-state index is 0.748. The first-order chi connectivity index (χ1) is 12.7. The van der Waals surface area contributed by atoms with E-state index in [0.717, 1.165) is 43.4 Å². The average Bonchev–Trinajstić information content (AvgIpc) is 2.68. The molecule has 5 nitrogen and oxygen atoms in total. The predicted molar refractivity (Wildman–Crippen MR) is 107 cm³/mol. The SMILES string of the molecule is CN=C(NCCc1ccc(C)cc1)NCCc1ccc(OC)c(OC)c1. The van der Waals surface area contributed by atoms with Gasteiger partial charge < -0.3 is 20.1 Å². The summed E-state index contributed by atoms with van der Waals surface area (Å²) in [5.74, 6) is 2.32. The highest BCUT2D eigenvalue weighted by Gasteiger charge is 2.05. The Morgan fingerprint density at radius 1 is 0.846 bits per heavy atom. The molecule has 0 saturated heterocycles. The van der Waals surface area contributed by atoms with Crippen LogP contribution in [0.3, 0.4) is 0 Å². The molecule has 2 aromatic rings. The van der Waals surface area contributed by atoms with E-state index in [0.29, 0.717) is 0 Å². The van der Waals surface area contributed by atoms with Gasteiger partial charge in [-0.25, -0.2) is 0 Å². The van der Waals surface area contributed by atoms with Crippen LogP contribution in [0.4, 0.5) is 0 Å². The van der Waals surface area contributed by atoms with Gasteiger partial charge in [0.05, 0.1) is 14.2 Å². The molecule has 2 rings (SSSR count). The van der Waals surface area contributed by atoms with E-state index in [2.05, 4.69) is 52.9 Å². The lowest BCUT2D eigenvalue weighted by Gasteiger charge is -2.13. The highest BCUT2D eigenvalue weighted by Crippen LogP contribution is 2.27. The molecular formula is C21H29N3O2. The van der Waals surface area contributed by atoms with Crippen LogP contribution in [0.25, 0.3) is 0 Å². The van der Waals surface area contributed by atoms with Crippen molar-refractivity contribution in [1.29, 1.82) is 0 Å². The molecule has 0 aromatic heterocycles. The first-order valence-corrected chi connectivity index (χ1v) is 8.87. The highest BCUT2D eigenvalue weighted by molar-refractivity contribution is 5.79. The molecule has 0 saturated carbocycles. The molecule has 0 aliphatic carbocycles. The van der Waals surface area contributed by atoms with Crippen LogP contribution in [0.15, 0.2) is 47.5 Å². The summed E-state index contributed by atoms with van der Waals surface area (Å²) in [6, 6.07) is 14.6. The number of hydrogen-bond donors (Lipinski definition) is 2. The molecule has 0 heterocycles. The molecule has 0 fully saturated rings. The van der Waals surface area contributed by atoms with E-state index in [4.69, 9.17) is 9.47 Å². The Hall–Kier alpha value is -2.69. The van der Waals surface area contributed by atoms with E-state index >= 15 is 0 Å². The maximum atomic E-state index is 5.35. The number of aliphatic imine (C=N–C) groups is 1. The summed E-state index contributed by atoms with van der Waals surface area (Å²) >= 11 is 0. The standard InChI is InChI=1S/C21H29N3O2/c1-16-5-7-17(8-6-16)11-13-23-21(22-2)24-14-12-18-9-10-19(25-3)20(15-18)26-4/h5-10,15H,11-14H2,1-4H3,(H2,22,23,24). The highest BCUT2D eigenvalue weighted by atomic mass is 16.5. The van der Waals surface area contributed by atoms with Gasteiger partial charge in [-0.15, -0.1) is 0 Å². The lowest BCUT2D eigenvalue weighted by molar-refractivity contribution is 0.354. The Morgan fingerprint density at radius 2 is 1.42 bits per heavy atom. The van der Waals surface area contributed by atoms with Crippen LogP contribution in [-0.4, -0.2) is 40.3 Å². The Labute approximate surface area is 156 Å². The minimum Gasteiger partial charge on any atom is -0.493 e. The van der Waals surface area contributed by atoms with Crippen LogP contribution in [0, 0.1) is 6.92 Å². The summed E-state index contributed by atoms with van der Waals surface area (Å²) in [7, 11) is 5.09. The molecule has 0 aliphatic heterocycles. The summed E-state index contributed by atoms with van der Waals surface area (Å²) in [6.45, 7) is 3.74. The number of nitrogens with one attached hydrogen (secondary N) is 2. The monoisotopic (exact) mass is 355 g/mol. The summed E-state index contributed by atoms with van der Waals surface area (Å²) < 4.78 is 10.6. The van der Waals surface area contributed by atoms with Gasteiger partial charge in [-0.3, -0.25) is 4.99 Å². The first-order valence-electron chi connectivity index (χ1n) is 8.87. The molecule has 0 atom stereocenters. The van der Waals surface area contributed by atoms with E-state index in [1.807, 2.05) is 12.1 Å². The van der Waals surface area contributed by atoms with Crippen LogP contribution in [0.2, 0.25) is 0 Å². The number of benzene rings is 2. The topological polar surface area (TPSA) is 54.9 Å². The Bertz CT molecular complexity index is 712. The van der Waals surface area contributed by atoms with E-state index in [1.54, 1.807) is 21.3 Å². The van der Waals surface area contributed by atoms with Crippen molar-refractivity contribution in [2.75, 3.05) is 34.4 Å². The maximum Gasteiger partial charge on any atom is 0.190 e. The van der Waals surface area contributed by atoms with Crippen LogP contribution in [-0.2, 0) is 12.8 Å². The quantitative estimate of drug-likeness (QED) is 0.565. The van der Waals surface area contributed by atoms with E-state index < -0.39 is 0 Å². The van der Waals surface area contributed by atoms with Gasteiger partial charge in [0.15, 0.2) is 17.5 Å². The van der Waals surface area contributed by atoms with Gasteiger partial charge in [0.1, 0.15) is 0 Å². The average molecular weight is 355 g/mol. The summed E-state index contributed by atoms with van der Waals surface area (Å²) in [5, 5.41) is 6.70. The minimum absolute atomic E-state index is 0.748. The van der Waals surface area contributed by atoms with Gasteiger partial charge in [0.2, 0.25) is 0 Å². The Balaban J connectivity index is 1.75. The maximum absolute atomic E-state index is 5.35. The third-order valence-electron chi connectivity index (χ3n) is 4.20. The zero-order valence-electron chi connectivity index (χ0n) is 16.1. The largest absolute Gasteiger partial charge is 0.493 e. The number of aryl methyl sites for hydroxylation is 1. The number of methoxy groups -OCH3 is 2. The molecule has 0 spiro atoms. The van der Waals surface area contributed by atoms with Crippen molar-refractivity contribution >= 4 is 5.96 Å². The summed E-state index contributed by atoms with van der Waals surface area (Å²) in [4.78, 5) is 4.28. The van der Waals surface area contributed by atoms with Crippen molar-refractivity contribution in [3.63, 3.8) is 0 Å². The van der Waals surface area contributed by atoms with Crippen molar-refractivity contribution in [3.8, 4) is 11.5 Å². The van der Waals surface area contributed by atoms with E-state index in [1.165, 1.54) is 16.7 Å².